The molecule has 3 aromatic rings. The summed E-state index contributed by atoms with van der Waals surface area (Å²) in [6.07, 6.45) is 2.17. The summed E-state index contributed by atoms with van der Waals surface area (Å²) in [5.74, 6) is 0.168. The first kappa shape index (κ1) is 17.7. The third kappa shape index (κ3) is 2.71. The van der Waals surface area contributed by atoms with Gasteiger partial charge in [0.15, 0.2) is 0 Å². The molecule has 2 saturated heterocycles. The van der Waals surface area contributed by atoms with E-state index in [1.54, 1.807) is 4.52 Å². The molecule has 0 radical (unpaired) electrons. The lowest BCUT2D eigenvalue weighted by molar-refractivity contribution is 0.0559. The Kier molecular flexibility index (Phi) is 4.15. The van der Waals surface area contributed by atoms with E-state index in [4.69, 9.17) is 0 Å². The Morgan fingerprint density at radius 3 is 2.82 bits per heavy atom. The fourth-order valence-corrected chi connectivity index (χ4v) is 5.56. The molecule has 146 valence electrons. The van der Waals surface area contributed by atoms with E-state index < -0.39 is 6.43 Å². The standard InChI is InChI=1S/C19H19F2N5OS/c1-10-6-16(28-8-10)18(27)25-11-2-4-12(14(25)5-3-11)15-7-13(17(20)21)24-19-22-9-23-26(15)19/h6-9,11-12,14,17H,2-5H2,1H3/t11-,12-,14-/m0/s1. The number of halogens is 2. The average Bonchev–Trinajstić information content (AvgIpc) is 3.39. The highest BCUT2D eigenvalue weighted by atomic mass is 32.1. The van der Waals surface area contributed by atoms with Crippen LogP contribution in [0.1, 0.15) is 64.6 Å². The predicted molar refractivity (Wildman–Crippen MR) is 99.7 cm³/mol. The van der Waals surface area contributed by atoms with Gasteiger partial charge in [-0.1, -0.05) is 0 Å². The van der Waals surface area contributed by atoms with Crippen LogP contribution in [0.15, 0.2) is 23.8 Å². The number of thiophene rings is 1. The van der Waals surface area contributed by atoms with Gasteiger partial charge < -0.3 is 4.90 Å². The Bertz CT molecular complexity index is 1050. The van der Waals surface area contributed by atoms with Crippen molar-refractivity contribution in [3.63, 3.8) is 0 Å². The lowest BCUT2D eigenvalue weighted by Gasteiger charge is -2.40. The summed E-state index contributed by atoms with van der Waals surface area (Å²) < 4.78 is 28.3. The monoisotopic (exact) mass is 403 g/mol. The normalized spacial score (nSPS) is 24.4. The molecular formula is C19H19F2N5OS. The molecule has 0 N–H and O–H groups in total. The Morgan fingerprint density at radius 1 is 1.25 bits per heavy atom. The first-order chi connectivity index (χ1) is 13.5. The highest BCUT2D eigenvalue weighted by molar-refractivity contribution is 7.12. The number of hydrogen-bond donors (Lipinski definition) is 0. The molecule has 3 aromatic heterocycles. The molecule has 3 atom stereocenters. The maximum atomic E-state index is 13.4. The minimum atomic E-state index is -2.67. The van der Waals surface area contributed by atoms with Crippen molar-refractivity contribution < 1.29 is 13.6 Å². The molecule has 0 aliphatic carbocycles. The van der Waals surface area contributed by atoms with Gasteiger partial charge >= 0.3 is 0 Å². The summed E-state index contributed by atoms with van der Waals surface area (Å²) >= 11 is 1.46. The molecule has 2 aliphatic heterocycles. The van der Waals surface area contributed by atoms with Crippen LogP contribution in [0.25, 0.3) is 5.78 Å². The first-order valence-corrected chi connectivity index (χ1v) is 10.3. The van der Waals surface area contributed by atoms with Crippen LogP contribution in [0.5, 0.6) is 0 Å². The highest BCUT2D eigenvalue weighted by Gasteiger charge is 2.46. The van der Waals surface area contributed by atoms with Gasteiger partial charge in [0.05, 0.1) is 10.6 Å². The zero-order valence-corrected chi connectivity index (χ0v) is 16.1. The molecule has 5 rings (SSSR count). The van der Waals surface area contributed by atoms with E-state index in [0.717, 1.165) is 36.1 Å². The number of carbonyl (C=O) groups is 1. The van der Waals surface area contributed by atoms with Crippen molar-refractivity contribution in [3.05, 3.63) is 45.7 Å². The summed E-state index contributed by atoms with van der Waals surface area (Å²) in [5.41, 5.74) is 1.46. The molecule has 28 heavy (non-hydrogen) atoms. The number of rotatable bonds is 3. The van der Waals surface area contributed by atoms with Gasteiger partial charge in [0.1, 0.15) is 12.0 Å². The van der Waals surface area contributed by atoms with Gasteiger partial charge in [-0.05, 0) is 55.7 Å². The Labute approximate surface area is 164 Å². The average molecular weight is 403 g/mol. The van der Waals surface area contributed by atoms with E-state index in [1.807, 2.05) is 23.3 Å². The summed E-state index contributed by atoms with van der Waals surface area (Å²) in [6.45, 7) is 1.98. The Morgan fingerprint density at radius 2 is 2.07 bits per heavy atom. The van der Waals surface area contributed by atoms with Crippen LogP contribution in [-0.4, -0.2) is 42.5 Å². The number of aryl methyl sites for hydroxylation is 1. The van der Waals surface area contributed by atoms with Crippen LogP contribution in [-0.2, 0) is 0 Å². The van der Waals surface area contributed by atoms with Gasteiger partial charge in [-0.15, -0.1) is 11.3 Å². The van der Waals surface area contributed by atoms with Crippen molar-refractivity contribution in [2.24, 2.45) is 0 Å². The maximum absolute atomic E-state index is 13.4. The molecule has 0 unspecified atom stereocenters. The van der Waals surface area contributed by atoms with Crippen LogP contribution in [0, 0.1) is 6.92 Å². The zero-order chi connectivity index (χ0) is 19.4. The molecular weight excluding hydrogens is 384 g/mol. The topological polar surface area (TPSA) is 63.4 Å². The lowest BCUT2D eigenvalue weighted by Crippen LogP contribution is -2.47. The second-order valence-electron chi connectivity index (χ2n) is 7.56. The highest BCUT2D eigenvalue weighted by Crippen LogP contribution is 2.45. The lowest BCUT2D eigenvalue weighted by atomic mass is 9.86. The van der Waals surface area contributed by atoms with E-state index >= 15 is 0 Å². The number of fused-ring (bicyclic) bond motifs is 3. The molecule has 1 amide bonds. The van der Waals surface area contributed by atoms with Crippen LogP contribution >= 0.6 is 11.3 Å². The molecule has 2 aliphatic rings. The van der Waals surface area contributed by atoms with Gasteiger partial charge in [-0.25, -0.2) is 18.3 Å². The number of nitrogens with zero attached hydrogens (tertiary/aromatic N) is 5. The van der Waals surface area contributed by atoms with Gasteiger partial charge in [0, 0.05) is 18.0 Å². The molecule has 0 spiro atoms. The van der Waals surface area contributed by atoms with Crippen molar-refractivity contribution in [2.75, 3.05) is 0 Å². The van der Waals surface area contributed by atoms with E-state index in [1.165, 1.54) is 23.7 Å². The van der Waals surface area contributed by atoms with Gasteiger partial charge in [-0.2, -0.15) is 10.1 Å². The minimum Gasteiger partial charge on any atom is -0.331 e. The molecule has 2 bridgehead atoms. The summed E-state index contributed by atoms with van der Waals surface area (Å²) in [7, 11) is 0. The van der Waals surface area contributed by atoms with Gasteiger partial charge in [-0.3, -0.25) is 4.79 Å². The molecule has 5 heterocycles. The van der Waals surface area contributed by atoms with Gasteiger partial charge in [0.25, 0.3) is 18.1 Å². The number of alkyl halides is 2. The zero-order valence-electron chi connectivity index (χ0n) is 15.3. The van der Waals surface area contributed by atoms with Crippen LogP contribution in [0.3, 0.4) is 0 Å². The van der Waals surface area contributed by atoms with Crippen molar-refractivity contribution in [1.29, 1.82) is 0 Å². The first-order valence-electron chi connectivity index (χ1n) is 9.39. The molecule has 0 saturated carbocycles. The largest absolute Gasteiger partial charge is 0.331 e. The van der Waals surface area contributed by atoms with Crippen molar-refractivity contribution in [2.45, 2.75) is 57.0 Å². The molecule has 6 nitrogen and oxygen atoms in total. The van der Waals surface area contributed by atoms with Crippen LogP contribution < -0.4 is 0 Å². The van der Waals surface area contributed by atoms with E-state index in [9.17, 15) is 13.6 Å². The summed E-state index contributed by atoms with van der Waals surface area (Å²) in [4.78, 5) is 23.9. The number of hydrogen-bond acceptors (Lipinski definition) is 5. The summed E-state index contributed by atoms with van der Waals surface area (Å²) in [5, 5.41) is 6.18. The third-order valence-electron chi connectivity index (χ3n) is 5.90. The van der Waals surface area contributed by atoms with E-state index in [0.29, 0.717) is 5.69 Å². The summed E-state index contributed by atoms with van der Waals surface area (Å²) in [6, 6.07) is 3.56. The maximum Gasteiger partial charge on any atom is 0.280 e. The minimum absolute atomic E-state index is 0.0195. The fourth-order valence-electron chi connectivity index (χ4n) is 4.72. The molecule has 0 aromatic carbocycles. The van der Waals surface area contributed by atoms with E-state index in [2.05, 4.69) is 15.1 Å². The quantitative estimate of drug-likeness (QED) is 0.664. The number of piperidine rings is 1. The predicted octanol–water partition coefficient (Wildman–Crippen LogP) is 3.98. The smallest absolute Gasteiger partial charge is 0.280 e. The van der Waals surface area contributed by atoms with Crippen LogP contribution in [0.4, 0.5) is 8.78 Å². The van der Waals surface area contributed by atoms with Crippen LogP contribution in [0.2, 0.25) is 0 Å². The SMILES string of the molecule is Cc1csc(C(=O)N2[C@H]3CC[C@H](c4cc(C(F)F)nc5ncnn45)[C@@H]2CC3)c1. The fraction of sp³-hybridized carbons (Fsp3) is 0.474. The van der Waals surface area contributed by atoms with E-state index in [-0.39, 0.29) is 35.4 Å². The van der Waals surface area contributed by atoms with Crippen molar-refractivity contribution >= 4 is 23.0 Å². The Balaban J connectivity index is 1.55. The second kappa shape index (κ2) is 6.58. The number of aromatic nitrogens is 4. The molecule has 9 heteroatoms. The van der Waals surface area contributed by atoms with Gasteiger partial charge in [0.2, 0.25) is 0 Å². The van der Waals surface area contributed by atoms with Crippen molar-refractivity contribution in [1.82, 2.24) is 24.5 Å². The Hall–Kier alpha value is -2.42. The third-order valence-corrected chi connectivity index (χ3v) is 6.94. The number of amides is 1. The molecule has 2 fully saturated rings. The van der Waals surface area contributed by atoms with Crippen molar-refractivity contribution in [3.8, 4) is 0 Å². The second-order valence-corrected chi connectivity index (χ2v) is 8.47. The number of carbonyl (C=O) groups excluding carboxylic acids is 1.